The zero-order chi connectivity index (χ0) is 26.4. The normalized spacial score (nSPS) is 13.6. The van der Waals surface area contributed by atoms with Crippen molar-refractivity contribution in [2.24, 2.45) is 5.92 Å². The molecular weight excluding hydrogens is 484 g/mol. The van der Waals surface area contributed by atoms with Crippen LogP contribution >= 0.6 is 0 Å². The number of hydrogen-bond acceptors (Lipinski definition) is 5. The fourth-order valence-electron chi connectivity index (χ4n) is 5.04. The quantitative estimate of drug-likeness (QED) is 0.327. The van der Waals surface area contributed by atoms with Gasteiger partial charge in [0.05, 0.1) is 16.6 Å². The Hall–Kier alpha value is -4.99. The number of rotatable bonds is 5. The highest BCUT2D eigenvalue weighted by Gasteiger charge is 2.31. The smallest absolute Gasteiger partial charge is 0.407 e. The van der Waals surface area contributed by atoms with Gasteiger partial charge in [-0.2, -0.15) is 10.2 Å². The number of amides is 2. The second kappa shape index (κ2) is 9.15. The van der Waals surface area contributed by atoms with Crippen molar-refractivity contribution in [2.75, 3.05) is 18.4 Å². The van der Waals surface area contributed by atoms with Crippen molar-refractivity contribution in [1.82, 2.24) is 24.9 Å². The molecule has 3 heterocycles. The molecule has 0 aliphatic carbocycles. The molecule has 3 aromatic carbocycles. The summed E-state index contributed by atoms with van der Waals surface area (Å²) >= 11 is 0. The van der Waals surface area contributed by atoms with Crippen LogP contribution in [0.1, 0.15) is 16.1 Å². The number of anilines is 1. The predicted octanol–water partition coefficient (Wildman–Crippen LogP) is 4.11. The van der Waals surface area contributed by atoms with Gasteiger partial charge in [0.2, 0.25) is 0 Å². The van der Waals surface area contributed by atoms with E-state index >= 15 is 0 Å². The van der Waals surface area contributed by atoms with E-state index in [4.69, 9.17) is 5.11 Å². The van der Waals surface area contributed by atoms with E-state index in [-0.39, 0.29) is 17.4 Å². The molecule has 5 aromatic rings. The number of likely N-dealkylation sites (tertiary alicyclic amines) is 1. The van der Waals surface area contributed by atoms with Gasteiger partial charge in [-0.1, -0.05) is 42.5 Å². The molecule has 3 N–H and O–H groups in total. The number of carbonyl (C=O) groups excluding carboxylic acids is 1. The lowest BCUT2D eigenvalue weighted by Gasteiger charge is -2.36. The number of nitrogens with one attached hydrogen (secondary N) is 2. The van der Waals surface area contributed by atoms with E-state index in [1.54, 1.807) is 16.8 Å². The molecule has 10 nitrogen and oxygen atoms in total. The van der Waals surface area contributed by atoms with Gasteiger partial charge in [-0.15, -0.1) is 0 Å². The molecule has 1 saturated heterocycles. The maximum Gasteiger partial charge on any atom is 0.407 e. The third-order valence-corrected chi connectivity index (χ3v) is 6.97. The number of carbonyl (C=O) groups is 2. The van der Waals surface area contributed by atoms with Gasteiger partial charge >= 0.3 is 6.09 Å². The number of H-pyrrole nitrogens is 1. The fraction of sp³-hybridized carbons (Fsp3) is 0.179. The summed E-state index contributed by atoms with van der Waals surface area (Å²) in [7, 11) is 0. The molecule has 2 aromatic heterocycles. The van der Waals surface area contributed by atoms with E-state index in [0.717, 1.165) is 27.4 Å². The van der Waals surface area contributed by atoms with Crippen LogP contribution in [0.2, 0.25) is 0 Å². The average Bonchev–Trinajstić information content (AvgIpc) is 3.25. The molecule has 190 valence electrons. The molecule has 2 amide bonds. The molecule has 0 saturated carbocycles. The number of fused-ring (bicyclic) bond motifs is 2. The van der Waals surface area contributed by atoms with Crippen molar-refractivity contribution in [2.45, 2.75) is 13.5 Å². The number of para-hydroxylation sites is 1. The number of carboxylic acid groups (broad SMARTS) is 1. The summed E-state index contributed by atoms with van der Waals surface area (Å²) < 4.78 is 1.79. The molecule has 38 heavy (non-hydrogen) atoms. The van der Waals surface area contributed by atoms with Crippen LogP contribution in [0.5, 0.6) is 0 Å². The Morgan fingerprint density at radius 2 is 1.74 bits per heavy atom. The van der Waals surface area contributed by atoms with Gasteiger partial charge in [-0.25, -0.2) is 9.89 Å². The van der Waals surface area contributed by atoms with Gasteiger partial charge in [0.25, 0.3) is 11.5 Å². The van der Waals surface area contributed by atoms with Gasteiger partial charge in [-0.05, 0) is 36.8 Å². The number of nitrogens with zero attached hydrogens (tertiary/aromatic N) is 4. The molecule has 6 rings (SSSR count). The highest BCUT2D eigenvalue weighted by molar-refractivity contribution is 6.11. The average molecular weight is 509 g/mol. The second-order valence-electron chi connectivity index (χ2n) is 9.53. The van der Waals surface area contributed by atoms with Crippen molar-refractivity contribution < 1.29 is 14.7 Å². The molecular formula is C28H24N6O4. The Morgan fingerprint density at radius 3 is 2.47 bits per heavy atom. The number of aromatic amines is 1. The zero-order valence-electron chi connectivity index (χ0n) is 20.5. The summed E-state index contributed by atoms with van der Waals surface area (Å²) in [6.07, 6.45) is -0.919. The first kappa shape index (κ1) is 23.4. The van der Waals surface area contributed by atoms with Gasteiger partial charge in [0, 0.05) is 47.6 Å². The van der Waals surface area contributed by atoms with Crippen molar-refractivity contribution in [3.8, 4) is 11.3 Å². The Kier molecular flexibility index (Phi) is 5.64. The Bertz CT molecular complexity index is 1780. The number of aryl methyl sites for hydroxylation is 1. The van der Waals surface area contributed by atoms with E-state index in [1.807, 2.05) is 61.5 Å². The van der Waals surface area contributed by atoms with Gasteiger partial charge in [-0.3, -0.25) is 14.3 Å². The summed E-state index contributed by atoms with van der Waals surface area (Å²) in [5.41, 5.74) is 3.91. The first-order valence-electron chi connectivity index (χ1n) is 12.2. The van der Waals surface area contributed by atoms with Crippen LogP contribution in [0.25, 0.3) is 32.9 Å². The lowest BCUT2D eigenvalue weighted by Crippen LogP contribution is -2.50. The number of aromatic nitrogens is 4. The lowest BCUT2D eigenvalue weighted by molar-refractivity contribution is 0.0737. The minimum Gasteiger partial charge on any atom is -0.465 e. The van der Waals surface area contributed by atoms with E-state index in [0.29, 0.717) is 42.1 Å². The van der Waals surface area contributed by atoms with E-state index in [9.17, 15) is 14.4 Å². The minimum absolute atomic E-state index is 0.151. The minimum atomic E-state index is -0.919. The van der Waals surface area contributed by atoms with Gasteiger partial charge in [0.15, 0.2) is 5.69 Å². The largest absolute Gasteiger partial charge is 0.465 e. The Balaban J connectivity index is 1.26. The molecule has 0 radical (unpaired) electrons. The summed E-state index contributed by atoms with van der Waals surface area (Å²) in [6, 6.07) is 20.4. The summed E-state index contributed by atoms with van der Waals surface area (Å²) in [4.78, 5) is 37.9. The highest BCUT2D eigenvalue weighted by atomic mass is 16.4. The van der Waals surface area contributed by atoms with E-state index in [2.05, 4.69) is 20.6 Å². The molecule has 0 unspecified atom stereocenters. The first-order chi connectivity index (χ1) is 18.4. The highest BCUT2D eigenvalue weighted by Crippen LogP contribution is 2.29. The van der Waals surface area contributed by atoms with Crippen LogP contribution in [-0.4, -0.2) is 55.1 Å². The van der Waals surface area contributed by atoms with E-state index in [1.165, 1.54) is 4.90 Å². The third-order valence-electron chi connectivity index (χ3n) is 6.97. The Labute approximate surface area is 216 Å². The molecule has 10 heteroatoms. The van der Waals surface area contributed by atoms with Crippen molar-refractivity contribution >= 4 is 39.4 Å². The molecule has 1 aliphatic heterocycles. The molecule has 1 fully saturated rings. The van der Waals surface area contributed by atoms with Crippen LogP contribution < -0.4 is 10.9 Å². The molecule has 0 atom stereocenters. The van der Waals surface area contributed by atoms with Gasteiger partial charge < -0.3 is 15.3 Å². The number of hydrogen-bond donors (Lipinski definition) is 3. The lowest BCUT2D eigenvalue weighted by atomic mass is 10.0. The molecule has 0 bridgehead atoms. The van der Waals surface area contributed by atoms with Crippen LogP contribution in [0.4, 0.5) is 10.5 Å². The fourth-order valence-corrected chi connectivity index (χ4v) is 5.04. The predicted molar refractivity (Wildman–Crippen MR) is 143 cm³/mol. The Morgan fingerprint density at radius 1 is 1.03 bits per heavy atom. The van der Waals surface area contributed by atoms with Gasteiger partial charge in [0.1, 0.15) is 0 Å². The second-order valence-corrected chi connectivity index (χ2v) is 9.53. The van der Waals surface area contributed by atoms with Crippen molar-refractivity contribution in [1.29, 1.82) is 0 Å². The number of benzene rings is 3. The van der Waals surface area contributed by atoms with Crippen LogP contribution in [0.3, 0.4) is 0 Å². The van der Waals surface area contributed by atoms with Crippen LogP contribution in [-0.2, 0) is 6.54 Å². The van der Waals surface area contributed by atoms with Crippen LogP contribution in [0.15, 0.2) is 71.5 Å². The molecule has 1 aliphatic rings. The zero-order valence-corrected chi connectivity index (χ0v) is 20.5. The first-order valence-corrected chi connectivity index (χ1v) is 12.2. The summed E-state index contributed by atoms with van der Waals surface area (Å²) in [6.45, 7) is 3.37. The summed E-state index contributed by atoms with van der Waals surface area (Å²) in [5, 5.41) is 25.6. The van der Waals surface area contributed by atoms with E-state index < -0.39 is 6.09 Å². The maximum atomic E-state index is 13.3. The van der Waals surface area contributed by atoms with Crippen molar-refractivity contribution in [3.63, 3.8) is 0 Å². The SMILES string of the molecule is Cc1cc(NC(=O)c2nn(CC3CN(C(=O)O)C3)c3ccccc23)ccc1-c1n[nH]c(=O)c2ccccc12. The standard InChI is InChI=1S/C28H24N6O4/c1-16-12-18(10-11-19(16)24-20-6-2-3-7-21(20)26(35)31-30-24)29-27(36)25-22-8-4-5-9-23(22)34(32-25)15-17-13-33(14-17)28(37)38/h2-12,17H,13-15H2,1H3,(H,29,36)(H,31,35)(H,37,38). The maximum absolute atomic E-state index is 13.3. The monoisotopic (exact) mass is 508 g/mol. The van der Waals surface area contributed by atoms with Crippen LogP contribution in [0, 0.1) is 12.8 Å². The molecule has 0 spiro atoms. The topological polar surface area (TPSA) is 133 Å². The van der Waals surface area contributed by atoms with Crippen molar-refractivity contribution in [3.05, 3.63) is 88.3 Å². The summed E-state index contributed by atoms with van der Waals surface area (Å²) in [5.74, 6) is -0.182. The third kappa shape index (κ3) is 4.05.